The van der Waals surface area contributed by atoms with Gasteiger partial charge in [-0.1, -0.05) is 23.3 Å². The van der Waals surface area contributed by atoms with Crippen LogP contribution >= 0.6 is 0 Å². The number of halogens is 3. The first kappa shape index (κ1) is 15.9. The van der Waals surface area contributed by atoms with E-state index in [1.54, 1.807) is 0 Å². The number of nitrogens with zero attached hydrogens (tertiary/aromatic N) is 3. The molecule has 0 N–H and O–H groups in total. The molecule has 22 heavy (non-hydrogen) atoms. The molecular formula is C13H8F3N3O2S. The van der Waals surface area contributed by atoms with E-state index in [9.17, 15) is 21.6 Å². The van der Waals surface area contributed by atoms with E-state index in [0.717, 1.165) is 12.1 Å². The van der Waals surface area contributed by atoms with Crippen LogP contribution in [0.25, 0.3) is 10.4 Å². The minimum absolute atomic E-state index is 0.120. The Morgan fingerprint density at radius 3 is 2.14 bits per heavy atom. The topological polar surface area (TPSA) is 82.9 Å². The Bertz CT molecular complexity index is 840. The lowest BCUT2D eigenvalue weighted by molar-refractivity contribution is -0.137. The van der Waals surface area contributed by atoms with Gasteiger partial charge in [-0.25, -0.2) is 8.42 Å². The molecule has 2 aromatic carbocycles. The molecule has 0 aromatic heterocycles. The molecule has 9 heteroatoms. The highest BCUT2D eigenvalue weighted by atomic mass is 32.2. The third kappa shape index (κ3) is 3.05. The maximum atomic E-state index is 12.5. The van der Waals surface area contributed by atoms with Crippen molar-refractivity contribution in [3.8, 4) is 0 Å². The van der Waals surface area contributed by atoms with Gasteiger partial charge in [-0.05, 0) is 35.9 Å². The summed E-state index contributed by atoms with van der Waals surface area (Å²) in [7, 11) is -4.09. The summed E-state index contributed by atoms with van der Waals surface area (Å²) in [5.74, 6) is 0. The van der Waals surface area contributed by atoms with Gasteiger partial charge in [0.15, 0.2) is 0 Å². The van der Waals surface area contributed by atoms with Crippen molar-refractivity contribution in [1.29, 1.82) is 0 Å². The molecule has 0 saturated heterocycles. The second-order valence-corrected chi connectivity index (χ2v) is 6.10. The van der Waals surface area contributed by atoms with E-state index in [0.29, 0.717) is 12.1 Å². The van der Waals surface area contributed by atoms with Crippen LogP contribution in [0.3, 0.4) is 0 Å². The standard InChI is InChI=1S/C13H8F3N3O2S/c14-13(15,16)9-5-7-10(8-6-9)22(20,21)12-4-2-1-3-11(12)18-19-17/h1-8H. The summed E-state index contributed by atoms with van der Waals surface area (Å²) >= 11 is 0. The minimum atomic E-state index is -4.55. The van der Waals surface area contributed by atoms with Crippen LogP contribution in [0.1, 0.15) is 5.56 Å². The van der Waals surface area contributed by atoms with E-state index in [1.165, 1.54) is 24.3 Å². The van der Waals surface area contributed by atoms with Gasteiger partial charge >= 0.3 is 6.18 Å². The zero-order chi connectivity index (χ0) is 16.4. The zero-order valence-corrected chi connectivity index (χ0v) is 11.6. The molecule has 0 fully saturated rings. The Kier molecular flexibility index (Phi) is 4.11. The van der Waals surface area contributed by atoms with Gasteiger partial charge in [0, 0.05) is 4.91 Å². The first-order valence-corrected chi connectivity index (χ1v) is 7.31. The van der Waals surface area contributed by atoms with Crippen molar-refractivity contribution in [1.82, 2.24) is 0 Å². The summed E-state index contributed by atoms with van der Waals surface area (Å²) in [6.45, 7) is 0. The first-order chi connectivity index (χ1) is 10.3. The van der Waals surface area contributed by atoms with Crippen LogP contribution in [-0.2, 0) is 16.0 Å². The van der Waals surface area contributed by atoms with Crippen LogP contribution in [0.4, 0.5) is 18.9 Å². The second kappa shape index (κ2) is 5.70. The van der Waals surface area contributed by atoms with Gasteiger partial charge in [0.05, 0.1) is 21.0 Å². The van der Waals surface area contributed by atoms with E-state index < -0.39 is 21.6 Å². The molecular weight excluding hydrogens is 319 g/mol. The maximum absolute atomic E-state index is 12.5. The van der Waals surface area contributed by atoms with Crippen molar-refractivity contribution in [2.45, 2.75) is 16.0 Å². The van der Waals surface area contributed by atoms with E-state index in [-0.39, 0.29) is 15.5 Å². The lowest BCUT2D eigenvalue weighted by atomic mass is 10.2. The highest BCUT2D eigenvalue weighted by Gasteiger charge is 2.31. The Hall–Kier alpha value is -2.51. The highest BCUT2D eigenvalue weighted by Crippen LogP contribution is 2.33. The number of hydrogen-bond donors (Lipinski definition) is 0. The van der Waals surface area contributed by atoms with Crippen LogP contribution in [0.15, 0.2) is 63.4 Å². The maximum Gasteiger partial charge on any atom is 0.416 e. The molecule has 0 bridgehead atoms. The van der Waals surface area contributed by atoms with Gasteiger partial charge in [-0.3, -0.25) is 0 Å². The number of alkyl halides is 3. The van der Waals surface area contributed by atoms with Crippen molar-refractivity contribution < 1.29 is 21.6 Å². The molecule has 0 aliphatic heterocycles. The summed E-state index contributed by atoms with van der Waals surface area (Å²) in [6.07, 6.45) is -4.55. The molecule has 0 aliphatic rings. The first-order valence-electron chi connectivity index (χ1n) is 5.83. The van der Waals surface area contributed by atoms with Crippen LogP contribution in [0.2, 0.25) is 0 Å². The van der Waals surface area contributed by atoms with Gasteiger partial charge < -0.3 is 0 Å². The highest BCUT2D eigenvalue weighted by molar-refractivity contribution is 7.91. The number of hydrogen-bond acceptors (Lipinski definition) is 3. The zero-order valence-electron chi connectivity index (χ0n) is 10.8. The molecule has 0 atom stereocenters. The molecule has 0 saturated carbocycles. The Morgan fingerprint density at radius 1 is 1.00 bits per heavy atom. The van der Waals surface area contributed by atoms with Gasteiger partial charge in [-0.2, -0.15) is 13.2 Å². The van der Waals surface area contributed by atoms with Crippen LogP contribution in [-0.4, -0.2) is 8.42 Å². The van der Waals surface area contributed by atoms with Crippen molar-refractivity contribution in [2.75, 3.05) is 0 Å². The van der Waals surface area contributed by atoms with E-state index in [2.05, 4.69) is 10.0 Å². The van der Waals surface area contributed by atoms with Gasteiger partial charge in [-0.15, -0.1) is 0 Å². The Balaban J connectivity index is 2.54. The quantitative estimate of drug-likeness (QED) is 0.473. The van der Waals surface area contributed by atoms with Crippen molar-refractivity contribution in [3.63, 3.8) is 0 Å². The molecule has 2 aromatic rings. The summed E-state index contributed by atoms with van der Waals surface area (Å²) in [4.78, 5) is 1.94. The monoisotopic (exact) mass is 327 g/mol. The van der Waals surface area contributed by atoms with Gasteiger partial charge in [0.1, 0.15) is 0 Å². The summed E-state index contributed by atoms with van der Waals surface area (Å²) < 4.78 is 62.3. The Labute approximate surface area is 123 Å². The number of azide groups is 1. The average molecular weight is 327 g/mol. The molecule has 0 aliphatic carbocycles. The molecule has 5 nitrogen and oxygen atoms in total. The predicted molar refractivity (Wildman–Crippen MR) is 72.1 cm³/mol. The molecule has 114 valence electrons. The lowest BCUT2D eigenvalue weighted by Gasteiger charge is -2.09. The van der Waals surface area contributed by atoms with Crippen molar-refractivity contribution >= 4 is 15.5 Å². The molecule has 0 spiro atoms. The molecule has 0 amide bonds. The Morgan fingerprint density at radius 2 is 1.59 bits per heavy atom. The fourth-order valence-corrected chi connectivity index (χ4v) is 3.16. The number of rotatable bonds is 3. The van der Waals surface area contributed by atoms with Gasteiger partial charge in [0.2, 0.25) is 9.84 Å². The normalized spacial score (nSPS) is 11.8. The third-order valence-electron chi connectivity index (χ3n) is 2.80. The fourth-order valence-electron chi connectivity index (χ4n) is 1.77. The average Bonchev–Trinajstić information content (AvgIpc) is 2.47. The van der Waals surface area contributed by atoms with E-state index >= 15 is 0 Å². The van der Waals surface area contributed by atoms with Crippen LogP contribution < -0.4 is 0 Å². The molecule has 0 heterocycles. The fraction of sp³-hybridized carbons (Fsp3) is 0.0769. The molecule has 0 unspecified atom stereocenters. The molecule has 0 radical (unpaired) electrons. The number of benzene rings is 2. The predicted octanol–water partition coefficient (Wildman–Crippen LogP) is 4.48. The van der Waals surface area contributed by atoms with Crippen molar-refractivity contribution in [3.05, 3.63) is 64.5 Å². The van der Waals surface area contributed by atoms with E-state index in [4.69, 9.17) is 5.53 Å². The minimum Gasteiger partial charge on any atom is -0.219 e. The molecule has 2 rings (SSSR count). The largest absolute Gasteiger partial charge is 0.416 e. The summed E-state index contributed by atoms with van der Waals surface area (Å²) in [5, 5.41) is 3.28. The van der Waals surface area contributed by atoms with Crippen molar-refractivity contribution in [2.24, 2.45) is 5.11 Å². The van der Waals surface area contributed by atoms with E-state index in [1.807, 2.05) is 0 Å². The summed E-state index contributed by atoms with van der Waals surface area (Å²) in [6, 6.07) is 8.53. The van der Waals surface area contributed by atoms with Gasteiger partial charge in [0.25, 0.3) is 0 Å². The second-order valence-electron chi connectivity index (χ2n) is 4.18. The van der Waals surface area contributed by atoms with Crippen LogP contribution in [0.5, 0.6) is 0 Å². The summed E-state index contributed by atoms with van der Waals surface area (Å²) in [5.41, 5.74) is 7.38. The van der Waals surface area contributed by atoms with Crippen LogP contribution in [0, 0.1) is 0 Å². The SMILES string of the molecule is [N-]=[N+]=Nc1ccccc1S(=O)(=O)c1ccc(C(F)(F)F)cc1. The smallest absolute Gasteiger partial charge is 0.219 e. The third-order valence-corrected chi connectivity index (χ3v) is 4.62. The lowest BCUT2D eigenvalue weighted by Crippen LogP contribution is -2.06. The number of sulfone groups is 1.